The Morgan fingerprint density at radius 1 is 1.09 bits per heavy atom. The third-order valence-electron chi connectivity index (χ3n) is 8.47. The van der Waals surface area contributed by atoms with Gasteiger partial charge in [0.05, 0.1) is 13.2 Å². The molecular formula is C37H40N2O7. The normalized spacial score (nSPS) is 17.4. The molecule has 1 aromatic heterocycles. The van der Waals surface area contributed by atoms with Gasteiger partial charge in [-0.1, -0.05) is 36.4 Å². The number of carbonyl (C=O) groups excluding carboxylic acids is 3. The number of hydrogen-bond acceptors (Lipinski definition) is 7. The maximum Gasteiger partial charge on any atom is 0.342 e. The lowest BCUT2D eigenvalue weighted by atomic mass is 9.84. The highest BCUT2D eigenvalue weighted by Gasteiger charge is 2.31. The lowest BCUT2D eigenvalue weighted by molar-refractivity contribution is -0.121. The summed E-state index contributed by atoms with van der Waals surface area (Å²) in [5.41, 5.74) is 2.80. The SMILES string of the molecule is COc1ccc(C(CC(=O)NCc2cccc3[nH]ccc23)c2c(O)cc3c(c2O)C(=O)O[C@@H](C)CCCC(=O)CCC/C=C/3)cc1. The first kappa shape index (κ1) is 32.3. The molecule has 0 radical (unpaired) electrons. The highest BCUT2D eigenvalue weighted by atomic mass is 16.5. The van der Waals surface area contributed by atoms with Crippen LogP contribution in [0.2, 0.25) is 0 Å². The number of hydrogen-bond donors (Lipinski definition) is 4. The molecule has 1 aliphatic heterocycles. The molecular weight excluding hydrogens is 584 g/mol. The standard InChI is InChI=1S/C37H40N2O7/c1-23-8-6-12-27(40)11-5-3-4-9-25-20-32(41)35(36(43)34(25)37(44)46-23)30(24-14-16-28(45-2)17-15-24)21-33(42)39-22-26-10-7-13-31-29(26)18-19-38-31/h4,7,9-10,13-20,23,30,38,41,43H,3,5-6,8,11-12,21-22H2,1-2H3,(H,39,42)/b9-4+/t23-,30?/m0/s1. The fourth-order valence-electron chi connectivity index (χ4n) is 6.00. The zero-order valence-corrected chi connectivity index (χ0v) is 26.2. The van der Waals surface area contributed by atoms with E-state index in [1.165, 1.54) is 6.07 Å². The molecule has 9 heteroatoms. The van der Waals surface area contributed by atoms with Crippen LogP contribution in [0.15, 0.2) is 66.9 Å². The number of fused-ring (bicyclic) bond motifs is 2. The highest BCUT2D eigenvalue weighted by molar-refractivity contribution is 5.98. The molecule has 0 fully saturated rings. The van der Waals surface area contributed by atoms with Gasteiger partial charge in [-0.05, 0) is 79.6 Å². The van der Waals surface area contributed by atoms with Crippen LogP contribution in [-0.4, -0.2) is 46.1 Å². The summed E-state index contributed by atoms with van der Waals surface area (Å²) in [7, 11) is 1.55. The van der Waals surface area contributed by atoms with E-state index in [1.807, 2.05) is 36.5 Å². The lowest BCUT2D eigenvalue weighted by Crippen LogP contribution is -2.25. The van der Waals surface area contributed by atoms with Gasteiger partial charge in [0.1, 0.15) is 28.6 Å². The summed E-state index contributed by atoms with van der Waals surface area (Å²) in [5.74, 6) is -1.78. The molecule has 3 aromatic carbocycles. The summed E-state index contributed by atoms with van der Waals surface area (Å²) in [5, 5.41) is 27.1. The number of aromatic hydroxyl groups is 2. The van der Waals surface area contributed by atoms with Gasteiger partial charge in [-0.15, -0.1) is 0 Å². The van der Waals surface area contributed by atoms with Crippen LogP contribution >= 0.6 is 0 Å². The summed E-state index contributed by atoms with van der Waals surface area (Å²) < 4.78 is 11.0. The van der Waals surface area contributed by atoms with Crippen LogP contribution < -0.4 is 10.1 Å². The van der Waals surface area contributed by atoms with E-state index in [9.17, 15) is 24.6 Å². The van der Waals surface area contributed by atoms with E-state index in [0.29, 0.717) is 49.8 Å². The minimum atomic E-state index is -0.812. The first-order valence-electron chi connectivity index (χ1n) is 15.7. The Balaban J connectivity index is 1.51. The molecule has 46 heavy (non-hydrogen) atoms. The second-order valence-corrected chi connectivity index (χ2v) is 11.7. The molecule has 240 valence electrons. The zero-order valence-electron chi connectivity index (χ0n) is 26.2. The summed E-state index contributed by atoms with van der Waals surface area (Å²) in [4.78, 5) is 42.4. The van der Waals surface area contributed by atoms with E-state index in [2.05, 4.69) is 10.3 Å². The predicted molar refractivity (Wildman–Crippen MR) is 176 cm³/mol. The number of cyclic esters (lactones) is 1. The van der Waals surface area contributed by atoms with Crippen molar-refractivity contribution >= 4 is 34.6 Å². The van der Waals surface area contributed by atoms with Crippen molar-refractivity contribution in [3.05, 3.63) is 94.7 Å². The molecule has 2 heterocycles. The molecule has 0 saturated carbocycles. The third kappa shape index (κ3) is 7.59. The van der Waals surface area contributed by atoms with Crippen LogP contribution in [0.4, 0.5) is 0 Å². The van der Waals surface area contributed by atoms with E-state index >= 15 is 0 Å². The molecule has 1 amide bonds. The van der Waals surface area contributed by atoms with Crippen LogP contribution in [0.1, 0.15) is 90.4 Å². The number of amides is 1. The Hall–Kier alpha value is -5.05. The highest BCUT2D eigenvalue weighted by Crippen LogP contribution is 2.44. The molecule has 0 aliphatic carbocycles. The lowest BCUT2D eigenvalue weighted by Gasteiger charge is -2.23. The van der Waals surface area contributed by atoms with Crippen LogP contribution in [0.3, 0.4) is 0 Å². The number of esters is 1. The average molecular weight is 625 g/mol. The van der Waals surface area contributed by atoms with Gasteiger partial charge in [0.15, 0.2) is 0 Å². The number of allylic oxidation sites excluding steroid dienone is 1. The van der Waals surface area contributed by atoms with Gasteiger partial charge in [-0.2, -0.15) is 0 Å². The number of methoxy groups -OCH3 is 1. The molecule has 9 nitrogen and oxygen atoms in total. The van der Waals surface area contributed by atoms with E-state index in [1.54, 1.807) is 44.4 Å². The van der Waals surface area contributed by atoms with Gasteiger partial charge in [0.25, 0.3) is 0 Å². The Morgan fingerprint density at radius 2 is 1.87 bits per heavy atom. The summed E-state index contributed by atoms with van der Waals surface area (Å²) in [6.45, 7) is 2.03. The van der Waals surface area contributed by atoms with Crippen LogP contribution in [0.5, 0.6) is 17.2 Å². The van der Waals surface area contributed by atoms with Crippen molar-refractivity contribution in [1.29, 1.82) is 0 Å². The summed E-state index contributed by atoms with van der Waals surface area (Å²) >= 11 is 0. The molecule has 0 bridgehead atoms. The maximum absolute atomic E-state index is 13.6. The number of Topliss-reactive ketones (excluding diaryl/α,β-unsaturated/α-hetero) is 1. The van der Waals surface area contributed by atoms with Gasteiger partial charge in [-0.25, -0.2) is 4.79 Å². The van der Waals surface area contributed by atoms with Crippen LogP contribution in [0.25, 0.3) is 17.0 Å². The Labute approximate surface area is 268 Å². The molecule has 1 unspecified atom stereocenters. The first-order valence-corrected chi connectivity index (χ1v) is 15.7. The number of phenolic OH excluding ortho intramolecular Hbond substituents is 2. The van der Waals surface area contributed by atoms with Gasteiger partial charge in [-0.3, -0.25) is 9.59 Å². The van der Waals surface area contributed by atoms with Crippen LogP contribution in [-0.2, 0) is 20.9 Å². The fourth-order valence-corrected chi connectivity index (χ4v) is 6.00. The molecule has 0 spiro atoms. The Kier molecular flexibility index (Phi) is 10.4. The van der Waals surface area contributed by atoms with Gasteiger partial charge < -0.3 is 30.0 Å². The van der Waals surface area contributed by atoms with Crippen molar-refractivity contribution in [2.45, 2.75) is 70.4 Å². The van der Waals surface area contributed by atoms with Crippen LogP contribution in [0, 0.1) is 0 Å². The van der Waals surface area contributed by atoms with E-state index in [0.717, 1.165) is 16.5 Å². The Morgan fingerprint density at radius 3 is 2.65 bits per heavy atom. The minimum Gasteiger partial charge on any atom is -0.507 e. The summed E-state index contributed by atoms with van der Waals surface area (Å²) in [6.07, 6.45) is 7.93. The molecule has 4 N–H and O–H groups in total. The third-order valence-corrected chi connectivity index (χ3v) is 8.47. The number of ketones is 1. The maximum atomic E-state index is 13.6. The number of benzene rings is 3. The van der Waals surface area contributed by atoms with Gasteiger partial charge in [0.2, 0.25) is 5.91 Å². The number of carbonyl (C=O) groups is 3. The molecule has 0 saturated heterocycles. The molecule has 5 rings (SSSR count). The van der Waals surface area contributed by atoms with Crippen molar-refractivity contribution in [2.75, 3.05) is 7.11 Å². The van der Waals surface area contributed by atoms with Crippen molar-refractivity contribution < 1.29 is 34.1 Å². The second-order valence-electron chi connectivity index (χ2n) is 11.7. The molecule has 1 aliphatic rings. The number of rotatable bonds is 7. The topological polar surface area (TPSA) is 138 Å². The van der Waals surface area contributed by atoms with E-state index < -0.39 is 23.7 Å². The van der Waals surface area contributed by atoms with E-state index in [-0.39, 0.29) is 47.1 Å². The number of ether oxygens (including phenoxy) is 2. The first-order chi connectivity index (χ1) is 22.2. The monoisotopic (exact) mass is 624 g/mol. The van der Waals surface area contributed by atoms with Crippen molar-refractivity contribution in [3.63, 3.8) is 0 Å². The quantitative estimate of drug-likeness (QED) is 0.164. The van der Waals surface area contributed by atoms with Crippen molar-refractivity contribution in [2.24, 2.45) is 0 Å². The second kappa shape index (κ2) is 14.8. The molecule has 2 atom stereocenters. The van der Waals surface area contributed by atoms with Crippen molar-refractivity contribution in [3.8, 4) is 17.2 Å². The molecule has 4 aromatic rings. The number of aromatic nitrogens is 1. The predicted octanol–water partition coefficient (Wildman–Crippen LogP) is 6.91. The fraction of sp³-hybridized carbons (Fsp3) is 0.324. The zero-order chi connectivity index (χ0) is 32.6. The Bertz CT molecular complexity index is 1740. The summed E-state index contributed by atoms with van der Waals surface area (Å²) in [6, 6.07) is 16.2. The minimum absolute atomic E-state index is 0.0523. The van der Waals surface area contributed by atoms with Gasteiger partial charge >= 0.3 is 5.97 Å². The van der Waals surface area contributed by atoms with Crippen molar-refractivity contribution in [1.82, 2.24) is 10.3 Å². The number of aromatic amines is 1. The van der Waals surface area contributed by atoms with E-state index in [4.69, 9.17) is 9.47 Å². The number of phenols is 2. The average Bonchev–Trinajstić information content (AvgIpc) is 3.52. The number of H-pyrrole nitrogens is 1. The largest absolute Gasteiger partial charge is 0.507 e. The smallest absolute Gasteiger partial charge is 0.342 e. The number of nitrogens with one attached hydrogen (secondary N) is 2. The van der Waals surface area contributed by atoms with Gasteiger partial charge in [0, 0.05) is 54.4 Å².